The van der Waals surface area contributed by atoms with Crippen LogP contribution in [0.1, 0.15) is 39.0 Å². The van der Waals surface area contributed by atoms with Crippen molar-refractivity contribution < 1.29 is 14.3 Å². The minimum Gasteiger partial charge on any atom is -0.484 e. The Hall–Kier alpha value is -2.04. The molecule has 5 heteroatoms. The fourth-order valence-corrected chi connectivity index (χ4v) is 2.72. The zero-order valence-electron chi connectivity index (χ0n) is 13.1. The van der Waals surface area contributed by atoms with Gasteiger partial charge >= 0.3 is 0 Å². The lowest BCUT2D eigenvalue weighted by Crippen LogP contribution is -2.28. The molecule has 1 aromatic carbocycles. The number of carbonyl (C=O) groups is 2. The first kappa shape index (κ1) is 16.3. The van der Waals surface area contributed by atoms with Crippen molar-refractivity contribution in [3.05, 3.63) is 24.3 Å². The molecule has 1 saturated carbocycles. The summed E-state index contributed by atoms with van der Waals surface area (Å²) in [6.45, 7) is 2.45. The van der Waals surface area contributed by atoms with Crippen molar-refractivity contribution in [2.45, 2.75) is 39.0 Å². The molecular weight excluding hydrogens is 280 g/mol. The maximum atomic E-state index is 11.9. The van der Waals surface area contributed by atoms with E-state index in [0.717, 1.165) is 5.69 Å². The smallest absolute Gasteiger partial charge is 0.257 e. The Labute approximate surface area is 131 Å². The number of amides is 2. The first-order chi connectivity index (χ1) is 10.7. The molecule has 120 valence electrons. The van der Waals surface area contributed by atoms with Gasteiger partial charge in [0.15, 0.2) is 6.61 Å². The highest BCUT2D eigenvalue weighted by Crippen LogP contribution is 2.27. The van der Waals surface area contributed by atoms with Crippen LogP contribution in [0, 0.1) is 5.92 Å². The van der Waals surface area contributed by atoms with E-state index in [1.807, 2.05) is 6.92 Å². The maximum absolute atomic E-state index is 11.9. The van der Waals surface area contributed by atoms with E-state index in [4.69, 9.17) is 4.74 Å². The highest BCUT2D eigenvalue weighted by molar-refractivity contribution is 5.90. The molecule has 0 aliphatic heterocycles. The number of ether oxygens (including phenoxy) is 1. The first-order valence-electron chi connectivity index (χ1n) is 7.96. The van der Waals surface area contributed by atoms with Crippen molar-refractivity contribution >= 4 is 17.5 Å². The van der Waals surface area contributed by atoms with E-state index < -0.39 is 0 Å². The fourth-order valence-electron chi connectivity index (χ4n) is 2.72. The SMILES string of the molecule is CCNC(=O)COc1ccc(NC(=O)CC2CCCC2)cc1. The second kappa shape index (κ2) is 8.41. The molecule has 2 amide bonds. The van der Waals surface area contributed by atoms with E-state index >= 15 is 0 Å². The largest absolute Gasteiger partial charge is 0.484 e. The van der Waals surface area contributed by atoms with Crippen molar-refractivity contribution in [2.75, 3.05) is 18.5 Å². The standard InChI is InChI=1S/C17H24N2O3/c1-2-18-17(21)12-22-15-9-7-14(8-10-15)19-16(20)11-13-5-3-4-6-13/h7-10,13H,2-6,11-12H2,1H3,(H,18,21)(H,19,20). The predicted octanol–water partition coefficient (Wildman–Crippen LogP) is 2.72. The van der Waals surface area contributed by atoms with E-state index in [9.17, 15) is 9.59 Å². The van der Waals surface area contributed by atoms with Gasteiger partial charge in [0.1, 0.15) is 5.75 Å². The van der Waals surface area contributed by atoms with Crippen LogP contribution in [0.5, 0.6) is 5.75 Å². The van der Waals surface area contributed by atoms with Crippen LogP contribution in [0.4, 0.5) is 5.69 Å². The third-order valence-electron chi connectivity index (χ3n) is 3.83. The molecule has 1 aromatic rings. The summed E-state index contributed by atoms with van der Waals surface area (Å²) in [5.41, 5.74) is 0.758. The van der Waals surface area contributed by atoms with E-state index in [0.29, 0.717) is 24.6 Å². The highest BCUT2D eigenvalue weighted by Gasteiger charge is 2.18. The van der Waals surface area contributed by atoms with Gasteiger partial charge in [-0.05, 0) is 49.9 Å². The number of carbonyl (C=O) groups excluding carboxylic acids is 2. The van der Waals surface area contributed by atoms with E-state index in [-0.39, 0.29) is 18.4 Å². The number of anilines is 1. The van der Waals surface area contributed by atoms with Crippen LogP contribution in [0.15, 0.2) is 24.3 Å². The van der Waals surface area contributed by atoms with Crippen LogP contribution in [0.2, 0.25) is 0 Å². The first-order valence-corrected chi connectivity index (χ1v) is 7.96. The summed E-state index contributed by atoms with van der Waals surface area (Å²) in [5.74, 6) is 1.08. The van der Waals surface area contributed by atoms with E-state index in [1.165, 1.54) is 25.7 Å². The topological polar surface area (TPSA) is 67.4 Å². The van der Waals surface area contributed by atoms with Gasteiger partial charge in [-0.15, -0.1) is 0 Å². The van der Waals surface area contributed by atoms with Crippen LogP contribution in [-0.4, -0.2) is 25.0 Å². The molecule has 0 aromatic heterocycles. The van der Waals surface area contributed by atoms with Crippen LogP contribution < -0.4 is 15.4 Å². The van der Waals surface area contributed by atoms with Gasteiger partial charge in [0.25, 0.3) is 5.91 Å². The third-order valence-corrected chi connectivity index (χ3v) is 3.83. The van der Waals surface area contributed by atoms with Crippen LogP contribution >= 0.6 is 0 Å². The van der Waals surface area contributed by atoms with E-state index in [2.05, 4.69) is 10.6 Å². The van der Waals surface area contributed by atoms with Crippen molar-refractivity contribution in [1.82, 2.24) is 5.32 Å². The summed E-state index contributed by atoms with van der Waals surface area (Å²) in [4.78, 5) is 23.2. The summed E-state index contributed by atoms with van der Waals surface area (Å²) in [5, 5.41) is 5.57. The molecule has 0 bridgehead atoms. The quantitative estimate of drug-likeness (QED) is 0.814. The zero-order chi connectivity index (χ0) is 15.8. The lowest BCUT2D eigenvalue weighted by atomic mass is 10.0. The van der Waals surface area contributed by atoms with Crippen molar-refractivity contribution in [3.63, 3.8) is 0 Å². The monoisotopic (exact) mass is 304 g/mol. The van der Waals surface area contributed by atoms with Gasteiger partial charge in [0.05, 0.1) is 0 Å². The molecule has 0 atom stereocenters. The molecule has 1 aliphatic carbocycles. The highest BCUT2D eigenvalue weighted by atomic mass is 16.5. The summed E-state index contributed by atoms with van der Waals surface area (Å²) in [6.07, 6.45) is 5.43. The predicted molar refractivity (Wildman–Crippen MR) is 85.8 cm³/mol. The van der Waals surface area contributed by atoms with Crippen molar-refractivity contribution in [2.24, 2.45) is 5.92 Å². The van der Waals surface area contributed by atoms with Gasteiger partial charge in [-0.2, -0.15) is 0 Å². The molecule has 1 aliphatic rings. The zero-order valence-corrected chi connectivity index (χ0v) is 13.1. The average molecular weight is 304 g/mol. The van der Waals surface area contributed by atoms with Gasteiger partial charge in [-0.3, -0.25) is 9.59 Å². The summed E-state index contributed by atoms with van der Waals surface area (Å²) >= 11 is 0. The molecule has 0 radical (unpaired) electrons. The summed E-state index contributed by atoms with van der Waals surface area (Å²) in [7, 11) is 0. The molecule has 2 rings (SSSR count). The molecule has 5 nitrogen and oxygen atoms in total. The lowest BCUT2D eigenvalue weighted by molar-refractivity contribution is -0.123. The number of hydrogen-bond acceptors (Lipinski definition) is 3. The lowest BCUT2D eigenvalue weighted by Gasteiger charge is -2.10. The van der Waals surface area contributed by atoms with Gasteiger partial charge in [-0.1, -0.05) is 12.8 Å². The Morgan fingerprint density at radius 1 is 1.14 bits per heavy atom. The Balaban J connectivity index is 1.76. The maximum Gasteiger partial charge on any atom is 0.257 e. The normalized spacial score (nSPS) is 14.6. The molecule has 22 heavy (non-hydrogen) atoms. The van der Waals surface area contributed by atoms with Crippen LogP contribution in [0.3, 0.4) is 0 Å². The summed E-state index contributed by atoms with van der Waals surface area (Å²) < 4.78 is 5.36. The number of hydrogen-bond donors (Lipinski definition) is 2. The Kier molecular flexibility index (Phi) is 6.25. The molecular formula is C17H24N2O3. The van der Waals surface area contributed by atoms with Gasteiger partial charge in [0, 0.05) is 18.7 Å². The van der Waals surface area contributed by atoms with Gasteiger partial charge in [0.2, 0.25) is 5.91 Å². The third kappa shape index (κ3) is 5.39. The minimum atomic E-state index is -0.142. The number of likely N-dealkylation sites (N-methyl/N-ethyl adjacent to an activating group) is 1. The van der Waals surface area contributed by atoms with Crippen LogP contribution in [-0.2, 0) is 9.59 Å². The van der Waals surface area contributed by atoms with Crippen molar-refractivity contribution in [3.8, 4) is 5.75 Å². The summed E-state index contributed by atoms with van der Waals surface area (Å²) in [6, 6.07) is 7.09. The second-order valence-electron chi connectivity index (χ2n) is 5.67. The molecule has 0 unspecified atom stereocenters. The molecule has 0 saturated heterocycles. The Morgan fingerprint density at radius 2 is 1.82 bits per heavy atom. The Morgan fingerprint density at radius 3 is 2.45 bits per heavy atom. The van der Waals surface area contributed by atoms with Crippen LogP contribution in [0.25, 0.3) is 0 Å². The second-order valence-corrected chi connectivity index (χ2v) is 5.67. The molecule has 0 spiro atoms. The van der Waals surface area contributed by atoms with Gasteiger partial charge < -0.3 is 15.4 Å². The van der Waals surface area contributed by atoms with E-state index in [1.54, 1.807) is 24.3 Å². The minimum absolute atomic E-state index is 0.00122. The Bertz CT molecular complexity index is 493. The molecule has 2 N–H and O–H groups in total. The molecule has 0 heterocycles. The number of rotatable bonds is 7. The number of benzene rings is 1. The average Bonchev–Trinajstić information content (AvgIpc) is 2.99. The van der Waals surface area contributed by atoms with Gasteiger partial charge in [-0.25, -0.2) is 0 Å². The fraction of sp³-hybridized carbons (Fsp3) is 0.529. The van der Waals surface area contributed by atoms with Crippen molar-refractivity contribution in [1.29, 1.82) is 0 Å². The molecule has 1 fully saturated rings. The number of nitrogens with one attached hydrogen (secondary N) is 2.